The fraction of sp³-hybridized carbons (Fsp3) is 0.462. The van der Waals surface area contributed by atoms with Gasteiger partial charge in [-0.15, -0.1) is 0 Å². The summed E-state index contributed by atoms with van der Waals surface area (Å²) in [5.41, 5.74) is 6.94. The summed E-state index contributed by atoms with van der Waals surface area (Å²) in [5.74, 6) is -0.0924. The van der Waals surface area contributed by atoms with Gasteiger partial charge in [-0.3, -0.25) is 4.79 Å². The number of nitrogens with two attached hydrogens (primary N) is 1. The minimum atomic E-state index is -0.0924. The number of hydrogen-bond donors (Lipinski definition) is 2. The molecule has 0 aliphatic carbocycles. The van der Waals surface area contributed by atoms with Gasteiger partial charge >= 0.3 is 0 Å². The Morgan fingerprint density at radius 1 is 1.50 bits per heavy atom. The first-order chi connectivity index (χ1) is 8.61. The molecule has 1 aromatic carbocycles. The molecule has 0 radical (unpaired) electrons. The Kier molecular flexibility index (Phi) is 6.18. The number of nitrogen functional groups attached to an aromatic ring is 1. The number of carbonyl (C=O) groups excluding carboxylic acids is 1. The number of methoxy groups -OCH3 is 1. The van der Waals surface area contributed by atoms with E-state index in [1.165, 1.54) is 0 Å². The third-order valence-electron chi connectivity index (χ3n) is 2.30. The zero-order valence-electron chi connectivity index (χ0n) is 10.8. The summed E-state index contributed by atoms with van der Waals surface area (Å²) < 4.78 is 10.3. The van der Waals surface area contributed by atoms with Crippen LogP contribution in [0.3, 0.4) is 0 Å². The zero-order valence-corrected chi connectivity index (χ0v) is 10.8. The topological polar surface area (TPSA) is 73.6 Å². The fourth-order valence-corrected chi connectivity index (χ4v) is 1.48. The van der Waals surface area contributed by atoms with E-state index in [1.54, 1.807) is 31.4 Å². The Bertz CT molecular complexity index is 382. The van der Waals surface area contributed by atoms with Crippen molar-refractivity contribution in [2.24, 2.45) is 0 Å². The first-order valence-electron chi connectivity index (χ1n) is 5.87. The van der Waals surface area contributed by atoms with Gasteiger partial charge in [0, 0.05) is 18.5 Å². The maximum absolute atomic E-state index is 11.6. The van der Waals surface area contributed by atoms with E-state index in [4.69, 9.17) is 15.2 Å². The van der Waals surface area contributed by atoms with Crippen LogP contribution in [0, 0.1) is 0 Å². The molecule has 0 heterocycles. The highest BCUT2D eigenvalue weighted by Gasteiger charge is 2.05. The number of amides is 1. The van der Waals surface area contributed by atoms with E-state index < -0.39 is 0 Å². The van der Waals surface area contributed by atoms with Gasteiger partial charge in [0.1, 0.15) is 0 Å². The smallest absolute Gasteiger partial charge is 0.226 e. The van der Waals surface area contributed by atoms with E-state index in [0.29, 0.717) is 31.0 Å². The van der Waals surface area contributed by atoms with Crippen molar-refractivity contribution in [3.63, 3.8) is 0 Å². The molecule has 100 valence electrons. The summed E-state index contributed by atoms with van der Waals surface area (Å²) in [7, 11) is 1.62. The third-order valence-corrected chi connectivity index (χ3v) is 2.30. The van der Waals surface area contributed by atoms with Gasteiger partial charge in [0.05, 0.1) is 25.7 Å². The summed E-state index contributed by atoms with van der Waals surface area (Å²) in [6.07, 6.45) is 0.304. The molecule has 1 atom stereocenters. The molecular formula is C13H20N2O3. The van der Waals surface area contributed by atoms with Crippen LogP contribution in [-0.4, -0.2) is 32.3 Å². The van der Waals surface area contributed by atoms with Crippen LogP contribution in [0.4, 0.5) is 11.4 Å². The second kappa shape index (κ2) is 7.68. The molecule has 18 heavy (non-hydrogen) atoms. The molecule has 1 rings (SSSR count). The number of hydrogen-bond acceptors (Lipinski definition) is 4. The molecule has 0 fully saturated rings. The van der Waals surface area contributed by atoms with Gasteiger partial charge in [-0.2, -0.15) is 0 Å². The molecule has 5 heteroatoms. The normalized spacial score (nSPS) is 12.1. The van der Waals surface area contributed by atoms with Crippen molar-refractivity contribution in [3.8, 4) is 0 Å². The molecule has 0 aromatic heterocycles. The monoisotopic (exact) mass is 252 g/mol. The molecule has 0 aliphatic rings. The van der Waals surface area contributed by atoms with Crippen LogP contribution in [0.2, 0.25) is 0 Å². The van der Waals surface area contributed by atoms with Crippen molar-refractivity contribution in [3.05, 3.63) is 24.3 Å². The highest BCUT2D eigenvalue weighted by atomic mass is 16.5. The van der Waals surface area contributed by atoms with Crippen molar-refractivity contribution in [2.75, 3.05) is 31.4 Å². The van der Waals surface area contributed by atoms with Crippen molar-refractivity contribution >= 4 is 17.3 Å². The Balaban J connectivity index is 2.25. The van der Waals surface area contributed by atoms with E-state index in [0.717, 1.165) is 0 Å². The first kappa shape index (κ1) is 14.5. The molecule has 3 N–H and O–H groups in total. The quantitative estimate of drug-likeness (QED) is 0.724. The number of ether oxygens (including phenoxy) is 2. The highest BCUT2D eigenvalue weighted by Crippen LogP contribution is 2.11. The standard InChI is InChI=1S/C13H20N2O3/c1-10(9-17-2)18-7-6-13(16)15-12-5-3-4-11(14)8-12/h3-5,8,10H,6-7,9,14H2,1-2H3,(H,15,16). The van der Waals surface area contributed by atoms with Crippen LogP contribution < -0.4 is 11.1 Å². The predicted molar refractivity (Wildman–Crippen MR) is 71.4 cm³/mol. The molecule has 0 aliphatic heterocycles. The molecule has 0 saturated heterocycles. The average Bonchev–Trinajstić information content (AvgIpc) is 2.29. The highest BCUT2D eigenvalue weighted by molar-refractivity contribution is 5.91. The van der Waals surface area contributed by atoms with Gasteiger partial charge in [0.25, 0.3) is 0 Å². The maximum atomic E-state index is 11.6. The summed E-state index contributed by atoms with van der Waals surface area (Å²) in [6, 6.07) is 7.07. The van der Waals surface area contributed by atoms with Gasteiger partial charge in [-0.1, -0.05) is 6.07 Å². The van der Waals surface area contributed by atoms with E-state index in [1.807, 2.05) is 6.92 Å². The van der Waals surface area contributed by atoms with Crippen molar-refractivity contribution < 1.29 is 14.3 Å². The summed E-state index contributed by atoms with van der Waals surface area (Å²) in [5, 5.41) is 2.76. The largest absolute Gasteiger partial charge is 0.399 e. The number of anilines is 2. The van der Waals surface area contributed by atoms with Crippen LogP contribution in [0.15, 0.2) is 24.3 Å². The summed E-state index contributed by atoms with van der Waals surface area (Å²) >= 11 is 0. The lowest BCUT2D eigenvalue weighted by molar-refractivity contribution is -0.117. The third kappa shape index (κ3) is 5.65. The summed E-state index contributed by atoms with van der Waals surface area (Å²) in [6.45, 7) is 2.80. The number of rotatable bonds is 7. The van der Waals surface area contributed by atoms with E-state index in [2.05, 4.69) is 5.32 Å². The molecule has 1 aromatic rings. The number of nitrogens with one attached hydrogen (secondary N) is 1. The average molecular weight is 252 g/mol. The minimum Gasteiger partial charge on any atom is -0.399 e. The Morgan fingerprint density at radius 3 is 2.94 bits per heavy atom. The van der Waals surface area contributed by atoms with E-state index in [9.17, 15) is 4.79 Å². The van der Waals surface area contributed by atoms with Gasteiger partial charge in [0.15, 0.2) is 0 Å². The van der Waals surface area contributed by atoms with E-state index >= 15 is 0 Å². The van der Waals surface area contributed by atoms with Crippen LogP contribution in [0.5, 0.6) is 0 Å². The van der Waals surface area contributed by atoms with Crippen LogP contribution in [-0.2, 0) is 14.3 Å². The molecular weight excluding hydrogens is 232 g/mol. The van der Waals surface area contributed by atoms with Crippen molar-refractivity contribution in [2.45, 2.75) is 19.4 Å². The van der Waals surface area contributed by atoms with Gasteiger partial charge < -0.3 is 20.5 Å². The molecule has 1 unspecified atom stereocenters. The number of benzene rings is 1. The molecule has 0 bridgehead atoms. The Morgan fingerprint density at radius 2 is 2.28 bits per heavy atom. The lowest BCUT2D eigenvalue weighted by Crippen LogP contribution is -2.19. The molecule has 0 spiro atoms. The number of carbonyl (C=O) groups is 1. The zero-order chi connectivity index (χ0) is 13.4. The first-order valence-corrected chi connectivity index (χ1v) is 5.87. The Hall–Kier alpha value is -1.59. The van der Waals surface area contributed by atoms with Crippen LogP contribution >= 0.6 is 0 Å². The van der Waals surface area contributed by atoms with Crippen LogP contribution in [0.1, 0.15) is 13.3 Å². The minimum absolute atomic E-state index is 0.00447. The Labute approximate surface area is 107 Å². The molecule has 5 nitrogen and oxygen atoms in total. The summed E-state index contributed by atoms with van der Waals surface area (Å²) in [4.78, 5) is 11.6. The van der Waals surface area contributed by atoms with E-state index in [-0.39, 0.29) is 12.0 Å². The fourth-order valence-electron chi connectivity index (χ4n) is 1.48. The second-order valence-electron chi connectivity index (χ2n) is 4.06. The lowest BCUT2D eigenvalue weighted by atomic mass is 10.3. The molecule has 1 amide bonds. The van der Waals surface area contributed by atoms with Crippen molar-refractivity contribution in [1.82, 2.24) is 0 Å². The van der Waals surface area contributed by atoms with Crippen molar-refractivity contribution in [1.29, 1.82) is 0 Å². The predicted octanol–water partition coefficient (Wildman–Crippen LogP) is 1.65. The van der Waals surface area contributed by atoms with Gasteiger partial charge in [-0.05, 0) is 25.1 Å². The second-order valence-corrected chi connectivity index (χ2v) is 4.06. The lowest BCUT2D eigenvalue weighted by Gasteiger charge is -2.11. The SMILES string of the molecule is COCC(C)OCCC(=O)Nc1cccc(N)c1. The van der Waals surface area contributed by atoms with Gasteiger partial charge in [-0.25, -0.2) is 0 Å². The van der Waals surface area contributed by atoms with Gasteiger partial charge in [0.2, 0.25) is 5.91 Å². The molecule has 0 saturated carbocycles. The van der Waals surface area contributed by atoms with Crippen LogP contribution in [0.25, 0.3) is 0 Å². The maximum Gasteiger partial charge on any atom is 0.226 e.